The first-order valence-electron chi connectivity index (χ1n) is 8.04. The topological polar surface area (TPSA) is 57.6 Å². The molecule has 1 amide bonds. The first kappa shape index (κ1) is 16.1. The molecule has 1 heterocycles. The summed E-state index contributed by atoms with van der Waals surface area (Å²) in [5.41, 5.74) is 0.926. The molecule has 0 bridgehead atoms. The summed E-state index contributed by atoms with van der Waals surface area (Å²) in [6.45, 7) is 1.42. The van der Waals surface area contributed by atoms with Gasteiger partial charge in [0.05, 0.1) is 11.6 Å². The molecule has 4 nitrogen and oxygen atoms in total. The molecule has 0 saturated heterocycles. The number of nitrogens with zero attached hydrogens (tertiary/aromatic N) is 1. The van der Waals surface area contributed by atoms with Gasteiger partial charge in [-0.1, -0.05) is 30.9 Å². The number of Topliss-reactive ketones (excluding diaryl/α,β-unsaturated/α-hetero) is 1. The number of carbonyl (C=O) groups is 2. The molecule has 2 aliphatic rings. The molecule has 1 aromatic carbocycles. The van der Waals surface area contributed by atoms with Crippen LogP contribution < -0.4 is 4.90 Å². The summed E-state index contributed by atoms with van der Waals surface area (Å²) in [5.74, 6) is -0.925. The van der Waals surface area contributed by atoms with Crippen molar-refractivity contribution in [1.29, 1.82) is 0 Å². The Morgan fingerprint density at radius 3 is 2.35 bits per heavy atom. The van der Waals surface area contributed by atoms with Crippen LogP contribution in [-0.4, -0.2) is 22.8 Å². The lowest BCUT2D eigenvalue weighted by molar-refractivity contribution is -0.117. The van der Waals surface area contributed by atoms with Crippen molar-refractivity contribution < 1.29 is 14.7 Å². The number of benzene rings is 1. The molecule has 0 aromatic heterocycles. The quantitative estimate of drug-likeness (QED) is 0.908. The molecule has 1 N–H and O–H groups in total. The minimum Gasteiger partial charge on any atom is -0.503 e. The molecule has 3 rings (SSSR count). The molecule has 1 fully saturated rings. The molecule has 0 spiro atoms. The van der Waals surface area contributed by atoms with E-state index in [1.807, 2.05) is 0 Å². The maximum absolute atomic E-state index is 12.6. The Morgan fingerprint density at radius 2 is 1.78 bits per heavy atom. The van der Waals surface area contributed by atoms with E-state index in [1.54, 1.807) is 29.2 Å². The number of hydrogen-bond donors (Lipinski definition) is 1. The van der Waals surface area contributed by atoms with Crippen LogP contribution in [-0.2, 0) is 9.59 Å². The average Bonchev–Trinajstić information content (AvgIpc) is 2.81. The van der Waals surface area contributed by atoms with E-state index in [4.69, 9.17) is 11.6 Å². The Bertz CT molecular complexity index is 659. The van der Waals surface area contributed by atoms with E-state index in [0.717, 1.165) is 25.7 Å². The number of halogens is 1. The van der Waals surface area contributed by atoms with Gasteiger partial charge in [0.1, 0.15) is 0 Å². The molecule has 23 heavy (non-hydrogen) atoms. The van der Waals surface area contributed by atoms with Crippen LogP contribution in [0.2, 0.25) is 5.02 Å². The summed E-state index contributed by atoms with van der Waals surface area (Å²) >= 11 is 5.93. The lowest BCUT2D eigenvalue weighted by Gasteiger charge is -2.35. The number of aliphatic hydroxyl groups excluding tert-OH is 1. The number of rotatable bonds is 3. The van der Waals surface area contributed by atoms with E-state index in [2.05, 4.69) is 0 Å². The zero-order chi connectivity index (χ0) is 16.6. The van der Waals surface area contributed by atoms with Crippen molar-refractivity contribution in [2.24, 2.45) is 5.92 Å². The van der Waals surface area contributed by atoms with E-state index in [0.29, 0.717) is 10.7 Å². The summed E-state index contributed by atoms with van der Waals surface area (Å²) in [7, 11) is 0. The van der Waals surface area contributed by atoms with Crippen molar-refractivity contribution in [3.05, 3.63) is 40.6 Å². The highest BCUT2D eigenvalue weighted by molar-refractivity contribution is 6.30. The van der Waals surface area contributed by atoms with Crippen LogP contribution >= 0.6 is 11.6 Å². The largest absolute Gasteiger partial charge is 0.503 e. The van der Waals surface area contributed by atoms with Crippen LogP contribution in [0.1, 0.15) is 39.0 Å². The Morgan fingerprint density at radius 1 is 1.17 bits per heavy atom. The first-order chi connectivity index (χ1) is 11.0. The smallest absolute Gasteiger partial charge is 0.294 e. The number of hydrogen-bond acceptors (Lipinski definition) is 3. The van der Waals surface area contributed by atoms with Gasteiger partial charge in [-0.25, -0.2) is 0 Å². The van der Waals surface area contributed by atoms with E-state index in [1.165, 1.54) is 13.3 Å². The first-order valence-corrected chi connectivity index (χ1v) is 8.41. The fraction of sp³-hybridized carbons (Fsp3) is 0.444. The number of anilines is 1. The van der Waals surface area contributed by atoms with Gasteiger partial charge < -0.3 is 5.11 Å². The third kappa shape index (κ3) is 2.88. The Hall–Kier alpha value is -1.81. The Balaban J connectivity index is 2.04. The summed E-state index contributed by atoms with van der Waals surface area (Å²) in [4.78, 5) is 26.2. The monoisotopic (exact) mass is 333 g/mol. The van der Waals surface area contributed by atoms with Gasteiger partial charge in [0.15, 0.2) is 11.5 Å². The number of amides is 1. The van der Waals surface area contributed by atoms with Gasteiger partial charge in [0.2, 0.25) is 0 Å². The second-order valence-corrected chi connectivity index (χ2v) is 6.75. The molecule has 122 valence electrons. The van der Waals surface area contributed by atoms with Crippen LogP contribution in [0.5, 0.6) is 0 Å². The molecule has 0 unspecified atom stereocenters. The molecule has 1 aromatic rings. The minimum absolute atomic E-state index is 0.201. The summed E-state index contributed by atoms with van der Waals surface area (Å²) < 4.78 is 0. The highest BCUT2D eigenvalue weighted by Crippen LogP contribution is 2.40. The number of ketones is 1. The molecular formula is C18H20ClNO3. The van der Waals surface area contributed by atoms with Crippen molar-refractivity contribution in [2.45, 2.75) is 45.1 Å². The lowest BCUT2D eigenvalue weighted by Crippen LogP contribution is -2.42. The minimum atomic E-state index is -0.493. The van der Waals surface area contributed by atoms with Crippen molar-refractivity contribution in [3.63, 3.8) is 0 Å². The fourth-order valence-electron chi connectivity index (χ4n) is 3.78. The van der Waals surface area contributed by atoms with Crippen molar-refractivity contribution in [1.82, 2.24) is 0 Å². The molecular weight excluding hydrogens is 314 g/mol. The maximum atomic E-state index is 12.6. The van der Waals surface area contributed by atoms with Crippen molar-refractivity contribution >= 4 is 29.0 Å². The van der Waals surface area contributed by atoms with Crippen LogP contribution in [0.25, 0.3) is 0 Å². The molecule has 0 radical (unpaired) electrons. The van der Waals surface area contributed by atoms with E-state index in [-0.39, 0.29) is 23.3 Å². The third-order valence-electron chi connectivity index (χ3n) is 4.83. The normalized spacial score (nSPS) is 22.8. The average molecular weight is 334 g/mol. The van der Waals surface area contributed by atoms with E-state index in [9.17, 15) is 14.7 Å². The van der Waals surface area contributed by atoms with E-state index >= 15 is 0 Å². The molecule has 1 atom stereocenters. The van der Waals surface area contributed by atoms with Gasteiger partial charge in [0.25, 0.3) is 5.91 Å². The fourth-order valence-corrected chi connectivity index (χ4v) is 3.90. The van der Waals surface area contributed by atoms with Crippen LogP contribution in [0.3, 0.4) is 0 Å². The van der Waals surface area contributed by atoms with Crippen LogP contribution in [0, 0.1) is 5.92 Å². The van der Waals surface area contributed by atoms with Gasteiger partial charge in [-0.15, -0.1) is 0 Å². The maximum Gasteiger partial charge on any atom is 0.294 e. The highest BCUT2D eigenvalue weighted by atomic mass is 35.5. The molecule has 1 saturated carbocycles. The van der Waals surface area contributed by atoms with Gasteiger partial charge in [-0.05, 0) is 49.9 Å². The SMILES string of the molecule is CC(=O)C1=C(O)C(=O)N(c2ccc(Cl)cc2)[C@H]1C1CCCCC1. The van der Waals surface area contributed by atoms with Gasteiger partial charge in [-0.2, -0.15) is 0 Å². The standard InChI is InChI=1S/C18H20ClNO3/c1-11(21)15-16(12-5-3-2-4-6-12)20(18(23)17(15)22)14-9-7-13(19)8-10-14/h7-10,12,16,22H,2-6H2,1H3/t16-/m0/s1. The summed E-state index contributed by atoms with van der Waals surface area (Å²) in [5, 5.41) is 10.8. The Kier molecular flexibility index (Phi) is 4.44. The third-order valence-corrected chi connectivity index (χ3v) is 5.08. The second-order valence-electron chi connectivity index (χ2n) is 6.31. The zero-order valence-corrected chi connectivity index (χ0v) is 13.8. The zero-order valence-electron chi connectivity index (χ0n) is 13.1. The number of aliphatic hydroxyl groups is 1. The Labute approximate surface area is 140 Å². The predicted molar refractivity (Wildman–Crippen MR) is 89.6 cm³/mol. The van der Waals surface area contributed by atoms with Crippen molar-refractivity contribution in [2.75, 3.05) is 4.90 Å². The molecule has 1 aliphatic heterocycles. The highest BCUT2D eigenvalue weighted by Gasteiger charge is 2.46. The summed E-state index contributed by atoms with van der Waals surface area (Å²) in [6.07, 6.45) is 5.30. The van der Waals surface area contributed by atoms with Crippen LogP contribution in [0.4, 0.5) is 5.69 Å². The van der Waals surface area contributed by atoms with Crippen molar-refractivity contribution in [3.8, 4) is 0 Å². The lowest BCUT2D eigenvalue weighted by atomic mass is 9.80. The van der Waals surface area contributed by atoms with Gasteiger partial charge in [-0.3, -0.25) is 14.5 Å². The molecule has 1 aliphatic carbocycles. The van der Waals surface area contributed by atoms with Crippen LogP contribution in [0.15, 0.2) is 35.6 Å². The number of carbonyl (C=O) groups excluding carboxylic acids is 2. The van der Waals surface area contributed by atoms with Gasteiger partial charge >= 0.3 is 0 Å². The second kappa shape index (κ2) is 6.36. The summed E-state index contributed by atoms with van der Waals surface area (Å²) in [6, 6.07) is 6.57. The van der Waals surface area contributed by atoms with Gasteiger partial charge in [0, 0.05) is 10.7 Å². The predicted octanol–water partition coefficient (Wildman–Crippen LogP) is 4.04. The van der Waals surface area contributed by atoms with E-state index < -0.39 is 11.7 Å². The molecule has 5 heteroatoms.